The van der Waals surface area contributed by atoms with Crippen LogP contribution in [0.15, 0.2) is 24.3 Å². The van der Waals surface area contributed by atoms with Gasteiger partial charge in [-0.1, -0.05) is 0 Å². The van der Waals surface area contributed by atoms with Gasteiger partial charge in [0.15, 0.2) is 0 Å². The van der Waals surface area contributed by atoms with Crippen molar-refractivity contribution in [3.05, 3.63) is 24.3 Å². The number of nitrogens with zero attached hydrogens (tertiary/aromatic N) is 2. The molecule has 0 spiro atoms. The molecule has 0 radical (unpaired) electrons. The first-order valence-corrected chi connectivity index (χ1v) is 7.72. The van der Waals surface area contributed by atoms with E-state index in [0.29, 0.717) is 26.0 Å². The molecule has 1 fully saturated rings. The number of carbonyl (C=O) groups is 2. The number of rotatable bonds is 7. The lowest BCUT2D eigenvalue weighted by Crippen LogP contribution is -2.26. The molecule has 122 valence electrons. The molecular formula is C17H20N2O4. The Morgan fingerprint density at radius 2 is 2.13 bits per heavy atom. The highest BCUT2D eigenvalue weighted by Gasteiger charge is 2.36. The molecule has 1 amide bonds. The maximum Gasteiger partial charge on any atom is 0.311 e. The molecule has 23 heavy (non-hydrogen) atoms. The molecule has 0 aromatic heterocycles. The van der Waals surface area contributed by atoms with Crippen LogP contribution >= 0.6 is 0 Å². The van der Waals surface area contributed by atoms with E-state index in [9.17, 15) is 9.59 Å². The molecule has 6 heteroatoms. The number of carbonyl (C=O) groups excluding carboxylic acids is 2. The lowest BCUT2D eigenvalue weighted by atomic mass is 10.1. The lowest BCUT2D eigenvalue weighted by Gasteiger charge is -2.17. The van der Waals surface area contributed by atoms with Crippen LogP contribution in [0, 0.1) is 17.2 Å². The monoisotopic (exact) mass is 316 g/mol. The van der Waals surface area contributed by atoms with Gasteiger partial charge in [-0.05, 0) is 37.6 Å². The van der Waals surface area contributed by atoms with Crippen molar-refractivity contribution in [1.29, 1.82) is 5.26 Å². The molecule has 1 saturated heterocycles. The van der Waals surface area contributed by atoms with Crippen LogP contribution in [0.4, 0.5) is 5.69 Å². The van der Waals surface area contributed by atoms with Crippen LogP contribution in [-0.4, -0.2) is 31.6 Å². The van der Waals surface area contributed by atoms with Crippen molar-refractivity contribution >= 4 is 17.6 Å². The second-order valence-electron chi connectivity index (χ2n) is 5.26. The Labute approximate surface area is 135 Å². The van der Waals surface area contributed by atoms with Gasteiger partial charge in [0, 0.05) is 25.1 Å². The normalized spacial score (nSPS) is 17.0. The van der Waals surface area contributed by atoms with Gasteiger partial charge >= 0.3 is 5.97 Å². The van der Waals surface area contributed by atoms with Gasteiger partial charge in [0.05, 0.1) is 25.2 Å². The molecule has 1 unspecified atom stereocenters. The van der Waals surface area contributed by atoms with Crippen LogP contribution < -0.4 is 9.64 Å². The Hall–Kier alpha value is -2.55. The van der Waals surface area contributed by atoms with Gasteiger partial charge in [-0.25, -0.2) is 0 Å². The van der Waals surface area contributed by atoms with Crippen molar-refractivity contribution in [1.82, 2.24) is 0 Å². The molecule has 0 N–H and O–H groups in total. The van der Waals surface area contributed by atoms with Crippen LogP contribution in [0.2, 0.25) is 0 Å². The standard InChI is InChI=1S/C17H20N2O4/c1-2-22-15-7-5-14(6-8-15)19-12-13(11-16(19)20)17(21)23-10-4-3-9-18/h5-8,13H,2-4,10-12H2,1H3. The molecule has 0 saturated carbocycles. The summed E-state index contributed by atoms with van der Waals surface area (Å²) in [4.78, 5) is 25.7. The van der Waals surface area contributed by atoms with E-state index in [2.05, 4.69) is 0 Å². The number of ether oxygens (including phenoxy) is 2. The number of nitriles is 1. The molecule has 1 heterocycles. The number of hydrogen-bond donors (Lipinski definition) is 0. The van der Waals surface area contributed by atoms with Crippen LogP contribution in [0.25, 0.3) is 0 Å². The summed E-state index contributed by atoms with van der Waals surface area (Å²) >= 11 is 0. The molecular weight excluding hydrogens is 296 g/mol. The topological polar surface area (TPSA) is 79.6 Å². The maximum atomic E-state index is 12.1. The van der Waals surface area contributed by atoms with E-state index < -0.39 is 5.92 Å². The molecule has 1 atom stereocenters. The van der Waals surface area contributed by atoms with E-state index in [-0.39, 0.29) is 24.9 Å². The zero-order valence-electron chi connectivity index (χ0n) is 13.2. The fourth-order valence-corrected chi connectivity index (χ4v) is 2.45. The zero-order chi connectivity index (χ0) is 16.7. The second-order valence-corrected chi connectivity index (χ2v) is 5.26. The van der Waals surface area contributed by atoms with Crippen molar-refractivity contribution in [2.45, 2.75) is 26.2 Å². The summed E-state index contributed by atoms with van der Waals surface area (Å²) < 4.78 is 10.5. The van der Waals surface area contributed by atoms with Crippen LogP contribution in [-0.2, 0) is 14.3 Å². The third-order valence-electron chi connectivity index (χ3n) is 3.60. The molecule has 1 aromatic rings. The number of hydrogen-bond acceptors (Lipinski definition) is 5. The average Bonchev–Trinajstić information content (AvgIpc) is 2.94. The van der Waals surface area contributed by atoms with Gasteiger partial charge in [0.2, 0.25) is 5.91 Å². The fraction of sp³-hybridized carbons (Fsp3) is 0.471. The first-order chi connectivity index (χ1) is 11.2. The minimum atomic E-state index is -0.448. The predicted octanol–water partition coefficient (Wildman–Crippen LogP) is 2.29. The van der Waals surface area contributed by atoms with Crippen LogP contribution in [0.5, 0.6) is 5.75 Å². The number of unbranched alkanes of at least 4 members (excludes halogenated alkanes) is 1. The molecule has 0 aliphatic carbocycles. The Morgan fingerprint density at radius 3 is 2.78 bits per heavy atom. The van der Waals surface area contributed by atoms with Crippen molar-refractivity contribution in [2.24, 2.45) is 5.92 Å². The van der Waals surface area contributed by atoms with E-state index in [4.69, 9.17) is 14.7 Å². The van der Waals surface area contributed by atoms with Crippen LogP contribution in [0.3, 0.4) is 0 Å². The summed E-state index contributed by atoms with van der Waals surface area (Å²) in [6.45, 7) is 3.04. The summed E-state index contributed by atoms with van der Waals surface area (Å²) in [6, 6.07) is 9.22. The summed E-state index contributed by atoms with van der Waals surface area (Å²) in [5, 5.41) is 8.44. The predicted molar refractivity (Wildman–Crippen MR) is 83.9 cm³/mol. The number of anilines is 1. The van der Waals surface area contributed by atoms with Gasteiger partial charge in [-0.3, -0.25) is 9.59 Å². The summed E-state index contributed by atoms with van der Waals surface area (Å²) in [5.41, 5.74) is 0.748. The van der Waals surface area contributed by atoms with Gasteiger partial charge in [-0.15, -0.1) is 0 Å². The first kappa shape index (κ1) is 16.8. The van der Waals surface area contributed by atoms with Gasteiger partial charge in [0.1, 0.15) is 5.75 Å². The molecule has 1 aromatic carbocycles. The molecule has 2 rings (SSSR count). The van der Waals surface area contributed by atoms with E-state index in [1.165, 1.54) is 0 Å². The zero-order valence-corrected chi connectivity index (χ0v) is 13.2. The minimum Gasteiger partial charge on any atom is -0.494 e. The van der Waals surface area contributed by atoms with E-state index in [1.54, 1.807) is 17.0 Å². The highest BCUT2D eigenvalue weighted by atomic mass is 16.5. The summed E-state index contributed by atoms with van der Waals surface area (Å²) in [7, 11) is 0. The molecule has 1 aliphatic rings. The molecule has 6 nitrogen and oxygen atoms in total. The number of esters is 1. The number of amides is 1. The SMILES string of the molecule is CCOc1ccc(N2CC(C(=O)OCCCC#N)CC2=O)cc1. The Kier molecular flexibility index (Phi) is 5.98. The quantitative estimate of drug-likeness (QED) is 0.569. The third kappa shape index (κ3) is 4.46. The fourth-order valence-electron chi connectivity index (χ4n) is 2.45. The smallest absolute Gasteiger partial charge is 0.311 e. The Morgan fingerprint density at radius 1 is 1.39 bits per heavy atom. The highest BCUT2D eigenvalue weighted by Crippen LogP contribution is 2.27. The maximum absolute atomic E-state index is 12.1. The van der Waals surface area contributed by atoms with Crippen LogP contribution in [0.1, 0.15) is 26.2 Å². The highest BCUT2D eigenvalue weighted by molar-refractivity contribution is 5.99. The molecule has 1 aliphatic heterocycles. The van der Waals surface area contributed by atoms with Crippen molar-refractivity contribution < 1.29 is 19.1 Å². The minimum absolute atomic E-state index is 0.0897. The van der Waals surface area contributed by atoms with Gasteiger partial charge in [0.25, 0.3) is 0 Å². The first-order valence-electron chi connectivity index (χ1n) is 7.72. The second kappa shape index (κ2) is 8.18. The Bertz CT molecular complexity index is 592. The van der Waals surface area contributed by atoms with Crippen molar-refractivity contribution in [3.63, 3.8) is 0 Å². The van der Waals surface area contributed by atoms with E-state index in [1.807, 2.05) is 25.1 Å². The van der Waals surface area contributed by atoms with Crippen molar-refractivity contribution in [3.8, 4) is 11.8 Å². The van der Waals surface area contributed by atoms with Crippen molar-refractivity contribution in [2.75, 3.05) is 24.7 Å². The Balaban J connectivity index is 1.91. The van der Waals surface area contributed by atoms with E-state index >= 15 is 0 Å². The summed E-state index contributed by atoms with van der Waals surface area (Å²) in [6.07, 6.45) is 1.03. The van der Waals surface area contributed by atoms with Gasteiger partial charge in [-0.2, -0.15) is 5.26 Å². The van der Waals surface area contributed by atoms with Gasteiger partial charge < -0.3 is 14.4 Å². The number of benzene rings is 1. The molecule has 0 bridgehead atoms. The van der Waals surface area contributed by atoms with E-state index in [0.717, 1.165) is 11.4 Å². The third-order valence-corrected chi connectivity index (χ3v) is 3.60. The largest absolute Gasteiger partial charge is 0.494 e. The summed E-state index contributed by atoms with van der Waals surface area (Å²) in [5.74, 6) is -0.162. The average molecular weight is 316 g/mol. The lowest BCUT2D eigenvalue weighted by molar-refractivity contribution is -0.148.